The number of anilines is 2. The highest BCUT2D eigenvalue weighted by atomic mass is 32.2. The highest BCUT2D eigenvalue weighted by Gasteiger charge is 2.16. The quantitative estimate of drug-likeness (QED) is 0.584. The van der Waals surface area contributed by atoms with E-state index in [-0.39, 0.29) is 11.7 Å². The molecule has 142 valence electrons. The Kier molecular flexibility index (Phi) is 5.93. The molecule has 0 aliphatic heterocycles. The molecular formula is C18H19N3O3S3. The molecule has 0 atom stereocenters. The smallest absolute Gasteiger partial charge is 0.267 e. The van der Waals surface area contributed by atoms with Gasteiger partial charge in [-0.1, -0.05) is 19.1 Å². The molecular weight excluding hydrogens is 402 g/mol. The van der Waals surface area contributed by atoms with E-state index < -0.39 is 10.0 Å². The molecule has 0 spiro atoms. The zero-order valence-electron chi connectivity index (χ0n) is 14.9. The van der Waals surface area contributed by atoms with E-state index in [1.54, 1.807) is 42.7 Å². The Hall–Kier alpha value is -2.23. The van der Waals surface area contributed by atoms with Gasteiger partial charge in [0.25, 0.3) is 5.91 Å². The van der Waals surface area contributed by atoms with E-state index in [1.807, 2.05) is 24.4 Å². The molecule has 3 aromatic rings. The molecule has 0 aliphatic carbocycles. The van der Waals surface area contributed by atoms with Crippen LogP contribution in [-0.4, -0.2) is 25.1 Å². The maximum absolute atomic E-state index is 12.6. The molecule has 0 bridgehead atoms. The lowest BCUT2D eigenvalue weighted by atomic mass is 10.1. The average molecular weight is 422 g/mol. The standard InChI is InChI=1S/C18H19N3O3S3/c1-3-10-27(23,24)21-14-7-4-6-13(12(14)2)20-17(22)16-11-19-18(26-16)15-8-5-9-25-15/h4-9,11,21H,3,10H2,1-2H3,(H,20,22). The van der Waals surface area contributed by atoms with E-state index in [0.29, 0.717) is 28.2 Å². The highest BCUT2D eigenvalue weighted by molar-refractivity contribution is 7.92. The molecule has 9 heteroatoms. The fourth-order valence-electron chi connectivity index (χ4n) is 2.45. The summed E-state index contributed by atoms with van der Waals surface area (Å²) in [6.07, 6.45) is 2.08. The third-order valence-corrected chi connectivity index (χ3v) is 7.29. The number of carbonyl (C=O) groups excluding carboxylic acids is 1. The van der Waals surface area contributed by atoms with E-state index in [4.69, 9.17) is 0 Å². The highest BCUT2D eigenvalue weighted by Crippen LogP contribution is 2.30. The average Bonchev–Trinajstić information content (AvgIpc) is 3.29. The lowest BCUT2D eigenvalue weighted by Crippen LogP contribution is -2.18. The third kappa shape index (κ3) is 4.74. The topological polar surface area (TPSA) is 88.2 Å². The first kappa shape index (κ1) is 19.5. The summed E-state index contributed by atoms with van der Waals surface area (Å²) in [4.78, 5) is 18.4. The summed E-state index contributed by atoms with van der Waals surface area (Å²) in [5, 5.41) is 5.61. The molecule has 2 aromatic heterocycles. The number of hydrogen-bond donors (Lipinski definition) is 2. The Balaban J connectivity index is 1.78. The van der Waals surface area contributed by atoms with Gasteiger partial charge in [0.2, 0.25) is 10.0 Å². The van der Waals surface area contributed by atoms with Gasteiger partial charge in [-0.3, -0.25) is 9.52 Å². The zero-order chi connectivity index (χ0) is 19.4. The number of sulfonamides is 1. The monoisotopic (exact) mass is 421 g/mol. The maximum Gasteiger partial charge on any atom is 0.267 e. The lowest BCUT2D eigenvalue weighted by Gasteiger charge is -2.14. The Morgan fingerprint density at radius 2 is 1.96 bits per heavy atom. The van der Waals surface area contributed by atoms with E-state index >= 15 is 0 Å². The van der Waals surface area contributed by atoms with Gasteiger partial charge in [-0.2, -0.15) is 0 Å². The molecule has 0 fully saturated rings. The molecule has 0 saturated heterocycles. The summed E-state index contributed by atoms with van der Waals surface area (Å²) in [6, 6.07) is 9.03. The number of thiazole rings is 1. The second-order valence-electron chi connectivity index (χ2n) is 5.86. The van der Waals surface area contributed by atoms with Gasteiger partial charge in [0.05, 0.1) is 22.5 Å². The van der Waals surface area contributed by atoms with Gasteiger partial charge in [0.1, 0.15) is 9.88 Å². The molecule has 1 aromatic carbocycles. The second kappa shape index (κ2) is 8.20. The first-order chi connectivity index (χ1) is 12.9. The van der Waals surface area contributed by atoms with E-state index in [2.05, 4.69) is 15.0 Å². The number of hydrogen-bond acceptors (Lipinski definition) is 6. The summed E-state index contributed by atoms with van der Waals surface area (Å²) in [5.74, 6) is -0.220. The number of nitrogens with zero attached hydrogens (tertiary/aromatic N) is 1. The molecule has 0 aliphatic rings. The van der Waals surface area contributed by atoms with Gasteiger partial charge >= 0.3 is 0 Å². The lowest BCUT2D eigenvalue weighted by molar-refractivity contribution is 0.103. The Morgan fingerprint density at radius 1 is 1.19 bits per heavy atom. The van der Waals surface area contributed by atoms with E-state index in [9.17, 15) is 13.2 Å². The Morgan fingerprint density at radius 3 is 2.67 bits per heavy atom. The molecule has 3 rings (SSSR count). The van der Waals surface area contributed by atoms with Crippen molar-refractivity contribution in [3.05, 3.63) is 52.3 Å². The van der Waals surface area contributed by atoms with Crippen molar-refractivity contribution in [1.82, 2.24) is 4.98 Å². The molecule has 1 amide bonds. The number of benzene rings is 1. The van der Waals surface area contributed by atoms with Crippen molar-refractivity contribution in [3.8, 4) is 9.88 Å². The van der Waals surface area contributed by atoms with Crippen molar-refractivity contribution in [1.29, 1.82) is 0 Å². The molecule has 2 N–H and O–H groups in total. The van der Waals surface area contributed by atoms with Crippen molar-refractivity contribution in [2.24, 2.45) is 0 Å². The van der Waals surface area contributed by atoms with Crippen LogP contribution in [0.2, 0.25) is 0 Å². The number of nitrogens with one attached hydrogen (secondary N) is 2. The minimum atomic E-state index is -3.40. The minimum Gasteiger partial charge on any atom is -0.321 e. The minimum absolute atomic E-state index is 0.0510. The summed E-state index contributed by atoms with van der Waals surface area (Å²) >= 11 is 2.89. The zero-order valence-corrected chi connectivity index (χ0v) is 17.3. The maximum atomic E-state index is 12.6. The Labute approximate surface area is 166 Å². The number of aromatic nitrogens is 1. The van der Waals surface area contributed by atoms with Crippen LogP contribution in [0.5, 0.6) is 0 Å². The van der Waals surface area contributed by atoms with Crippen LogP contribution < -0.4 is 10.0 Å². The number of rotatable bonds is 7. The van der Waals surface area contributed by atoms with Crippen molar-refractivity contribution in [3.63, 3.8) is 0 Å². The molecule has 0 saturated carbocycles. The van der Waals surface area contributed by atoms with Gasteiger partial charge in [-0.15, -0.1) is 22.7 Å². The van der Waals surface area contributed by atoms with Crippen LogP contribution in [0.3, 0.4) is 0 Å². The molecule has 0 unspecified atom stereocenters. The predicted octanol–water partition coefficient (Wildman–Crippen LogP) is 4.58. The molecule has 6 nitrogen and oxygen atoms in total. The van der Waals surface area contributed by atoms with E-state index in [1.165, 1.54) is 11.3 Å². The molecule has 27 heavy (non-hydrogen) atoms. The normalized spacial score (nSPS) is 11.3. The largest absolute Gasteiger partial charge is 0.321 e. The van der Waals surface area contributed by atoms with Gasteiger partial charge in [-0.25, -0.2) is 13.4 Å². The predicted molar refractivity (Wildman–Crippen MR) is 112 cm³/mol. The number of carbonyl (C=O) groups is 1. The summed E-state index contributed by atoms with van der Waals surface area (Å²) in [6.45, 7) is 3.57. The van der Waals surface area contributed by atoms with Crippen LogP contribution in [0, 0.1) is 6.92 Å². The summed E-state index contributed by atoms with van der Waals surface area (Å²) < 4.78 is 26.6. The molecule has 2 heterocycles. The number of thiophene rings is 1. The van der Waals surface area contributed by atoms with Crippen molar-refractivity contribution in [2.45, 2.75) is 20.3 Å². The first-order valence-corrected chi connectivity index (χ1v) is 11.7. The summed E-state index contributed by atoms with van der Waals surface area (Å²) in [5.41, 5.74) is 1.68. The van der Waals surface area contributed by atoms with E-state index in [0.717, 1.165) is 9.88 Å². The SMILES string of the molecule is CCCS(=O)(=O)Nc1cccc(NC(=O)c2cnc(-c3cccs3)s2)c1C. The summed E-state index contributed by atoms with van der Waals surface area (Å²) in [7, 11) is -3.40. The number of amides is 1. The van der Waals surface area contributed by atoms with Crippen LogP contribution in [0.4, 0.5) is 11.4 Å². The molecule has 0 radical (unpaired) electrons. The fourth-order valence-corrected chi connectivity index (χ4v) is 5.26. The Bertz CT molecular complexity index is 1040. The van der Waals surface area contributed by atoms with Crippen LogP contribution in [0.1, 0.15) is 28.6 Å². The fraction of sp³-hybridized carbons (Fsp3) is 0.222. The van der Waals surface area contributed by atoms with Gasteiger partial charge in [-0.05, 0) is 42.5 Å². The second-order valence-corrected chi connectivity index (χ2v) is 9.68. The van der Waals surface area contributed by atoms with Crippen LogP contribution >= 0.6 is 22.7 Å². The van der Waals surface area contributed by atoms with Crippen molar-refractivity contribution < 1.29 is 13.2 Å². The van der Waals surface area contributed by atoms with Crippen LogP contribution in [0.15, 0.2) is 41.9 Å². The van der Waals surface area contributed by atoms with Crippen molar-refractivity contribution in [2.75, 3.05) is 15.8 Å². The van der Waals surface area contributed by atoms with Crippen LogP contribution in [0.25, 0.3) is 9.88 Å². The van der Waals surface area contributed by atoms with Crippen LogP contribution in [-0.2, 0) is 10.0 Å². The van der Waals surface area contributed by atoms with Gasteiger partial charge in [0.15, 0.2) is 0 Å². The van der Waals surface area contributed by atoms with Crippen molar-refractivity contribution >= 4 is 50.0 Å². The third-order valence-electron chi connectivity index (χ3n) is 3.78. The first-order valence-electron chi connectivity index (χ1n) is 8.31. The van der Waals surface area contributed by atoms with Gasteiger partial charge in [0, 0.05) is 5.69 Å². The van der Waals surface area contributed by atoms with Gasteiger partial charge < -0.3 is 5.32 Å².